The Morgan fingerprint density at radius 1 is 0.270 bits per heavy atom. The van der Waals surface area contributed by atoms with Gasteiger partial charge >= 0.3 is 0 Å². The van der Waals surface area contributed by atoms with Gasteiger partial charge in [0.25, 0.3) is 0 Å². The van der Waals surface area contributed by atoms with Crippen LogP contribution >= 0.6 is 0 Å². The first-order valence-corrected chi connectivity index (χ1v) is 43.6. The van der Waals surface area contributed by atoms with Crippen molar-refractivity contribution in [1.29, 1.82) is 0 Å². The Hall–Kier alpha value is -13.8. The molecule has 2 heteroatoms. The summed E-state index contributed by atoms with van der Waals surface area (Å²) in [5, 5.41) is 0. The summed E-state index contributed by atoms with van der Waals surface area (Å²) in [5.41, 5.74) is 3.74. The summed E-state index contributed by atoms with van der Waals surface area (Å²) in [6.45, 7) is 28.4. The molecule has 8 atom stereocenters. The summed E-state index contributed by atoms with van der Waals surface area (Å²) in [6.07, 6.45) is 69.9. The van der Waals surface area contributed by atoms with Gasteiger partial charge in [-0.3, -0.25) is 4.79 Å². The zero-order valence-corrected chi connectivity index (χ0v) is 75.3. The highest BCUT2D eigenvalue weighted by molar-refractivity contribution is 5.99. The minimum Gasteiger partial charge on any atom is -0.412 e. The molecule has 0 saturated heterocycles. The van der Waals surface area contributed by atoms with Crippen molar-refractivity contribution in [2.45, 2.75) is 321 Å². The summed E-state index contributed by atoms with van der Waals surface area (Å²) in [5.74, 6) is 142. The van der Waals surface area contributed by atoms with Crippen LogP contribution in [-0.4, -0.2) is 11.3 Å². The molecule has 2 nitrogen and oxygen atoms in total. The number of carbonyl (C=O) groups is 1. The molecule has 0 aromatic rings. The lowest BCUT2D eigenvalue weighted by atomic mass is 9.48. The van der Waals surface area contributed by atoms with Crippen LogP contribution in [0.2, 0.25) is 0 Å². The zero-order chi connectivity index (χ0) is 89.0. The van der Waals surface area contributed by atoms with Crippen molar-refractivity contribution in [2.24, 2.45) is 46.3 Å². The van der Waals surface area contributed by atoms with E-state index in [0.29, 0.717) is 17.1 Å². The van der Waals surface area contributed by atoms with Gasteiger partial charge in [-0.05, 0) is 306 Å². The SMILES string of the molecule is C#CC#CC#CC#CC#CC#CC#CC#CC#CC#CC#CC#CC#CC#CC#C.C#CC#CC#CC#CC#CC#CC#CC#CC#CC#CC#CC#CC#CC#CC#C.CCCCCCC1(CCC)C(CCCCC)C(=O)C(CC)=C(CCC)C1CCCCC.CCCCCCC1(CCC)C(CCCCC)CC(CC)C(CCC)C1CCCCC.O.[HH]. The Balaban J connectivity index is -0.000000763. The lowest BCUT2D eigenvalue weighted by molar-refractivity contribution is -0.128. The fourth-order valence-electron chi connectivity index (χ4n) is 15.8. The molecule has 0 spiro atoms. The zero-order valence-electron chi connectivity index (χ0n) is 75.3. The molecule has 0 bridgehead atoms. The van der Waals surface area contributed by atoms with Gasteiger partial charge in [0.2, 0.25) is 0 Å². The van der Waals surface area contributed by atoms with Crippen molar-refractivity contribution in [3.05, 3.63) is 11.1 Å². The third kappa shape index (κ3) is 56.5. The summed E-state index contributed by atoms with van der Waals surface area (Å²) < 4.78 is 0. The Morgan fingerprint density at radius 3 is 0.795 bits per heavy atom. The molecular weight excluding hydrogens is 1470 g/mol. The molecule has 122 heavy (non-hydrogen) atoms. The number of unbranched alkanes of at least 4 members (excludes halogenated alkanes) is 14. The third-order valence-electron chi connectivity index (χ3n) is 20.4. The summed E-state index contributed by atoms with van der Waals surface area (Å²) in [6, 6.07) is 0. The molecule has 2 N–H and O–H groups in total. The molecule has 1 saturated carbocycles. The molecular formula is C120H124O2. The van der Waals surface area contributed by atoms with Crippen LogP contribution in [0.15, 0.2) is 11.1 Å². The van der Waals surface area contributed by atoms with E-state index in [2.05, 4.69) is 415 Å². The first kappa shape index (κ1) is 112. The maximum absolute atomic E-state index is 14.0. The van der Waals surface area contributed by atoms with E-state index in [4.69, 9.17) is 25.7 Å². The summed E-state index contributed by atoms with van der Waals surface area (Å²) in [7, 11) is 0. The highest BCUT2D eigenvalue weighted by Crippen LogP contribution is 2.61. The van der Waals surface area contributed by atoms with Crippen LogP contribution in [0.4, 0.5) is 0 Å². The predicted molar refractivity (Wildman–Crippen MR) is 520 cm³/mol. The van der Waals surface area contributed by atoms with Crippen molar-refractivity contribution in [2.75, 3.05) is 0 Å². The number of hydrogen-bond acceptors (Lipinski definition) is 1. The van der Waals surface area contributed by atoms with E-state index in [0.717, 1.165) is 42.9 Å². The van der Waals surface area contributed by atoms with E-state index in [1.165, 1.54) is 211 Å². The maximum Gasteiger partial charge on any atom is 0.162 e. The van der Waals surface area contributed by atoms with Crippen molar-refractivity contribution in [1.82, 2.24) is 0 Å². The number of terminal acetylenes is 4. The quantitative estimate of drug-likeness (QED) is 0.0456. The van der Waals surface area contributed by atoms with E-state index in [1.54, 1.807) is 18.4 Å². The van der Waals surface area contributed by atoms with Gasteiger partial charge in [-0.2, -0.15) is 0 Å². The molecule has 8 unspecified atom stereocenters. The number of Topliss-reactive ketones (excluding diaryl/α,β-unsaturated/α-hetero) is 1. The fraction of sp³-hybridized carbons (Fsp3) is 0.475. The smallest absolute Gasteiger partial charge is 0.162 e. The number of hydrogen-bond donors (Lipinski definition) is 0. The van der Waals surface area contributed by atoms with Gasteiger partial charge in [0.1, 0.15) is 0 Å². The standard InChI is InChI=1S/C30H56O.C30H60.2C30H2.H2O.H2/c1-7-13-16-19-24-30(23-11-5)27(21-17-14-8-2)26(20-10-4)25(12-6)29(31)28(30)22-18-15-9-3;1-7-13-16-19-24-30(23-11-5)27(21-17-14-8-2)25-26(12-6)28(20-10-4)29(30)22-18-15-9-3;2*1-3-5-7-9-11-13-15-17-19-21-23-25-27-29-30-28-26-24-22-20-18-16-14-12-10-8-6-4-2;;/h27-28H,7-24H2,1-6H3;26-29H,7-25H2,1-6H3;2*1-2H;1H2;1H. The number of rotatable bonds is 36. The largest absolute Gasteiger partial charge is 0.412 e. The van der Waals surface area contributed by atoms with Crippen molar-refractivity contribution >= 4 is 5.78 Å². The van der Waals surface area contributed by atoms with Gasteiger partial charge in [-0.25, -0.2) is 0 Å². The normalized spacial score (nSPS) is 15.3. The van der Waals surface area contributed by atoms with Crippen molar-refractivity contribution in [3.63, 3.8) is 0 Å². The van der Waals surface area contributed by atoms with E-state index < -0.39 is 0 Å². The molecule has 0 heterocycles. The molecule has 1 fully saturated rings. The minimum absolute atomic E-state index is 0. The van der Waals surface area contributed by atoms with Gasteiger partial charge in [0, 0.05) is 149 Å². The van der Waals surface area contributed by atoms with Gasteiger partial charge in [0.15, 0.2) is 5.78 Å². The fourth-order valence-corrected chi connectivity index (χ4v) is 15.8. The molecule has 616 valence electrons. The molecule has 2 rings (SSSR count). The Bertz CT molecular complexity index is 4850. The molecule has 0 aliphatic heterocycles. The van der Waals surface area contributed by atoms with Gasteiger partial charge < -0.3 is 5.48 Å². The van der Waals surface area contributed by atoms with Crippen LogP contribution in [0, 0.1) is 404 Å². The number of ketones is 1. The van der Waals surface area contributed by atoms with Crippen LogP contribution in [0.5, 0.6) is 0 Å². The van der Waals surface area contributed by atoms with E-state index in [-0.39, 0.29) is 18.2 Å². The van der Waals surface area contributed by atoms with Gasteiger partial charge in [0.05, 0.1) is 0 Å². The van der Waals surface area contributed by atoms with Gasteiger partial charge in [-0.1, -0.05) is 256 Å². The molecule has 0 radical (unpaired) electrons. The lowest BCUT2D eigenvalue weighted by Gasteiger charge is -2.57. The predicted octanol–water partition coefficient (Wildman–Crippen LogP) is 21.2. The molecule has 0 aromatic carbocycles. The van der Waals surface area contributed by atoms with E-state index in [9.17, 15) is 4.79 Å². The lowest BCUT2D eigenvalue weighted by Crippen LogP contribution is -2.49. The number of allylic oxidation sites excluding steroid dienone is 2. The second-order valence-corrected chi connectivity index (χ2v) is 28.4. The Kier molecular flexibility index (Phi) is 79.6. The molecule has 0 aromatic heterocycles. The van der Waals surface area contributed by atoms with Crippen LogP contribution in [0.3, 0.4) is 0 Å². The number of carbonyl (C=O) groups excluding carboxylic acids is 1. The summed E-state index contributed by atoms with van der Waals surface area (Å²) >= 11 is 0. The van der Waals surface area contributed by atoms with E-state index >= 15 is 0 Å². The van der Waals surface area contributed by atoms with Crippen molar-refractivity contribution < 1.29 is 11.7 Å². The molecule has 2 aliphatic carbocycles. The topological polar surface area (TPSA) is 48.6 Å². The van der Waals surface area contributed by atoms with Crippen LogP contribution < -0.4 is 0 Å². The van der Waals surface area contributed by atoms with E-state index in [1.807, 2.05) is 0 Å². The first-order valence-electron chi connectivity index (χ1n) is 43.6. The molecule has 2 aliphatic rings. The Labute approximate surface area is 748 Å². The third-order valence-corrected chi connectivity index (χ3v) is 20.4. The van der Waals surface area contributed by atoms with Crippen LogP contribution in [0.1, 0.15) is 322 Å². The van der Waals surface area contributed by atoms with Crippen molar-refractivity contribution in [3.8, 4) is 357 Å². The average molecular weight is 1600 g/mol. The maximum atomic E-state index is 14.0. The minimum atomic E-state index is 0. The highest BCUT2D eigenvalue weighted by atomic mass is 16.1. The van der Waals surface area contributed by atoms with Gasteiger partial charge in [-0.15, -0.1) is 25.7 Å². The average Bonchev–Trinajstić information content (AvgIpc) is 0.741. The second kappa shape index (κ2) is 86.5. The monoisotopic (exact) mass is 1600 g/mol. The summed E-state index contributed by atoms with van der Waals surface area (Å²) in [4.78, 5) is 14.0. The van der Waals surface area contributed by atoms with Crippen LogP contribution in [-0.2, 0) is 4.79 Å². The van der Waals surface area contributed by atoms with Crippen LogP contribution in [0.25, 0.3) is 0 Å². The second-order valence-electron chi connectivity index (χ2n) is 28.4. The Morgan fingerprint density at radius 2 is 0.533 bits per heavy atom. The first-order chi connectivity index (χ1) is 59.5. The highest BCUT2D eigenvalue weighted by Gasteiger charge is 2.53. The molecule has 0 amide bonds.